The second-order valence-electron chi connectivity index (χ2n) is 6.85. The summed E-state index contributed by atoms with van der Waals surface area (Å²) in [7, 11) is 2.19. The second-order valence-corrected chi connectivity index (χ2v) is 6.85. The summed E-state index contributed by atoms with van der Waals surface area (Å²) in [4.78, 5) is 2.41. The van der Waals surface area contributed by atoms with E-state index in [4.69, 9.17) is 9.15 Å². The van der Waals surface area contributed by atoms with Gasteiger partial charge in [0.15, 0.2) is 0 Å². The number of nitrogens with zero attached hydrogens (tertiary/aromatic N) is 3. The van der Waals surface area contributed by atoms with Crippen molar-refractivity contribution in [2.45, 2.75) is 77.5 Å². The fourth-order valence-electron chi connectivity index (χ4n) is 4.46. The molecule has 2 atom stereocenters. The van der Waals surface area contributed by atoms with Crippen molar-refractivity contribution in [2.75, 3.05) is 13.7 Å². The zero-order valence-electron chi connectivity index (χ0n) is 14.2. The van der Waals surface area contributed by atoms with Crippen LogP contribution in [0.4, 0.5) is 0 Å². The molecule has 5 nitrogen and oxygen atoms in total. The molecule has 0 N–H and O–H groups in total. The summed E-state index contributed by atoms with van der Waals surface area (Å²) in [6.07, 6.45) is 9.05. The van der Waals surface area contributed by atoms with Crippen LogP contribution >= 0.6 is 0 Å². The van der Waals surface area contributed by atoms with Crippen molar-refractivity contribution in [2.24, 2.45) is 5.41 Å². The first-order valence-corrected chi connectivity index (χ1v) is 8.82. The largest absolute Gasteiger partial charge is 0.424 e. The van der Waals surface area contributed by atoms with Crippen LogP contribution in [-0.2, 0) is 17.7 Å². The van der Waals surface area contributed by atoms with Crippen LogP contribution < -0.4 is 0 Å². The molecule has 3 rings (SSSR count). The smallest absolute Gasteiger partial charge is 0.230 e. The van der Waals surface area contributed by atoms with E-state index in [1.807, 2.05) is 6.92 Å². The van der Waals surface area contributed by atoms with E-state index in [0.717, 1.165) is 37.8 Å². The fraction of sp³-hybridized carbons (Fsp3) is 0.882. The standard InChI is InChI=1S/C17H29N3O2/c1-4-15-18-19-16(22-15)12-20(3)13-11-14(21-5-2)17(13)9-7-6-8-10-17/h13-14H,4-12H2,1-3H3/t13-,14+/m1/s1. The molecule has 0 saturated heterocycles. The molecule has 2 aliphatic rings. The number of hydrogen-bond donors (Lipinski definition) is 0. The van der Waals surface area contributed by atoms with Crippen molar-refractivity contribution in [3.8, 4) is 0 Å². The van der Waals surface area contributed by atoms with Crippen LogP contribution in [0.15, 0.2) is 4.42 Å². The van der Waals surface area contributed by atoms with Gasteiger partial charge in [0.25, 0.3) is 0 Å². The summed E-state index contributed by atoms with van der Waals surface area (Å²) >= 11 is 0. The summed E-state index contributed by atoms with van der Waals surface area (Å²) in [6.45, 7) is 5.72. The minimum absolute atomic E-state index is 0.358. The average Bonchev–Trinajstić information content (AvgIpc) is 2.99. The topological polar surface area (TPSA) is 51.4 Å². The Hall–Kier alpha value is -0.940. The minimum atomic E-state index is 0.358. The van der Waals surface area contributed by atoms with Gasteiger partial charge in [-0.3, -0.25) is 4.90 Å². The number of ether oxygens (including phenoxy) is 1. The highest BCUT2D eigenvalue weighted by Crippen LogP contribution is 2.55. The Balaban J connectivity index is 1.67. The highest BCUT2D eigenvalue weighted by Gasteiger charge is 2.56. The lowest BCUT2D eigenvalue weighted by molar-refractivity contribution is -0.180. The monoisotopic (exact) mass is 307 g/mol. The molecule has 124 valence electrons. The third-order valence-corrected chi connectivity index (χ3v) is 5.62. The summed E-state index contributed by atoms with van der Waals surface area (Å²) in [6, 6.07) is 0.585. The second kappa shape index (κ2) is 6.67. The Kier molecular flexibility index (Phi) is 4.83. The SMILES string of the molecule is CCO[C@H]1C[C@@H](N(C)Cc2nnc(CC)o2)C12CCCCC2. The van der Waals surface area contributed by atoms with Crippen molar-refractivity contribution in [3.63, 3.8) is 0 Å². The summed E-state index contributed by atoms with van der Waals surface area (Å²) in [5.74, 6) is 1.47. The first-order chi connectivity index (χ1) is 10.7. The van der Waals surface area contributed by atoms with Crippen molar-refractivity contribution >= 4 is 0 Å². The normalized spacial score (nSPS) is 27.3. The van der Waals surface area contributed by atoms with Crippen LogP contribution in [0.25, 0.3) is 0 Å². The van der Waals surface area contributed by atoms with Crippen LogP contribution in [0.2, 0.25) is 0 Å². The lowest BCUT2D eigenvalue weighted by Crippen LogP contribution is -2.64. The molecule has 0 amide bonds. The van der Waals surface area contributed by atoms with Gasteiger partial charge in [-0.25, -0.2) is 0 Å². The van der Waals surface area contributed by atoms with Gasteiger partial charge >= 0.3 is 0 Å². The van der Waals surface area contributed by atoms with Crippen molar-refractivity contribution in [1.82, 2.24) is 15.1 Å². The van der Waals surface area contributed by atoms with Gasteiger partial charge in [-0.1, -0.05) is 26.2 Å². The zero-order chi connectivity index (χ0) is 15.6. The Morgan fingerprint density at radius 1 is 1.18 bits per heavy atom. The van der Waals surface area contributed by atoms with Gasteiger partial charge in [0.2, 0.25) is 11.8 Å². The zero-order valence-corrected chi connectivity index (χ0v) is 14.2. The molecule has 1 heterocycles. The lowest BCUT2D eigenvalue weighted by Gasteiger charge is -2.60. The van der Waals surface area contributed by atoms with E-state index < -0.39 is 0 Å². The average molecular weight is 307 g/mol. The minimum Gasteiger partial charge on any atom is -0.424 e. The van der Waals surface area contributed by atoms with Gasteiger partial charge in [0, 0.05) is 24.5 Å². The van der Waals surface area contributed by atoms with Crippen molar-refractivity contribution < 1.29 is 9.15 Å². The van der Waals surface area contributed by atoms with Crippen LogP contribution in [0.1, 0.15) is 64.2 Å². The maximum atomic E-state index is 6.05. The predicted octanol–water partition coefficient (Wildman–Crippen LogP) is 3.19. The van der Waals surface area contributed by atoms with Gasteiger partial charge in [0.05, 0.1) is 12.6 Å². The molecule has 0 radical (unpaired) electrons. The summed E-state index contributed by atoms with van der Waals surface area (Å²) < 4.78 is 11.7. The molecule has 1 aromatic heterocycles. The Labute approximate surface area is 133 Å². The fourth-order valence-corrected chi connectivity index (χ4v) is 4.46. The maximum Gasteiger partial charge on any atom is 0.230 e. The lowest BCUT2D eigenvalue weighted by atomic mass is 9.54. The van der Waals surface area contributed by atoms with Gasteiger partial charge in [-0.05, 0) is 33.2 Å². The number of hydrogen-bond acceptors (Lipinski definition) is 5. The van der Waals surface area contributed by atoms with Gasteiger partial charge in [-0.15, -0.1) is 10.2 Å². The van der Waals surface area contributed by atoms with Gasteiger partial charge in [0.1, 0.15) is 0 Å². The van der Waals surface area contributed by atoms with E-state index in [0.29, 0.717) is 17.6 Å². The molecule has 0 aromatic carbocycles. The molecule has 5 heteroatoms. The molecule has 22 heavy (non-hydrogen) atoms. The van der Waals surface area contributed by atoms with Crippen molar-refractivity contribution in [3.05, 3.63) is 11.8 Å². The maximum absolute atomic E-state index is 6.05. The van der Waals surface area contributed by atoms with Crippen molar-refractivity contribution in [1.29, 1.82) is 0 Å². The quantitative estimate of drug-likeness (QED) is 0.808. The van der Waals surface area contributed by atoms with E-state index in [1.165, 1.54) is 32.1 Å². The molecule has 1 spiro atoms. The van der Waals surface area contributed by atoms with Crippen LogP contribution in [0, 0.1) is 5.41 Å². The Bertz CT molecular complexity index is 482. The number of aryl methyl sites for hydroxylation is 1. The highest BCUT2D eigenvalue weighted by molar-refractivity contribution is 5.09. The predicted molar refractivity (Wildman–Crippen MR) is 84.5 cm³/mol. The first kappa shape index (κ1) is 15.9. The molecule has 0 unspecified atom stereocenters. The molecule has 0 bridgehead atoms. The van der Waals surface area contributed by atoms with Gasteiger partial charge in [-0.2, -0.15) is 0 Å². The first-order valence-electron chi connectivity index (χ1n) is 8.82. The molecule has 1 aromatic rings. The highest BCUT2D eigenvalue weighted by atomic mass is 16.5. The molecule has 2 saturated carbocycles. The van der Waals surface area contributed by atoms with E-state index >= 15 is 0 Å². The molecular weight excluding hydrogens is 278 g/mol. The van der Waals surface area contributed by atoms with E-state index in [1.54, 1.807) is 0 Å². The Morgan fingerprint density at radius 2 is 1.91 bits per heavy atom. The van der Waals surface area contributed by atoms with Crippen LogP contribution in [-0.4, -0.2) is 40.9 Å². The Morgan fingerprint density at radius 3 is 2.55 bits per heavy atom. The molecular formula is C17H29N3O2. The van der Waals surface area contributed by atoms with E-state index in [-0.39, 0.29) is 0 Å². The third-order valence-electron chi connectivity index (χ3n) is 5.62. The molecule has 2 aliphatic carbocycles. The van der Waals surface area contributed by atoms with Crippen LogP contribution in [0.5, 0.6) is 0 Å². The van der Waals surface area contributed by atoms with Gasteiger partial charge < -0.3 is 9.15 Å². The molecule has 0 aliphatic heterocycles. The third kappa shape index (κ3) is 2.81. The number of rotatable bonds is 6. The van der Waals surface area contributed by atoms with Crippen LogP contribution in [0.3, 0.4) is 0 Å². The molecule has 2 fully saturated rings. The summed E-state index contributed by atoms with van der Waals surface area (Å²) in [5.41, 5.74) is 0.358. The van der Waals surface area contributed by atoms with E-state index in [2.05, 4.69) is 29.1 Å². The number of aromatic nitrogens is 2. The summed E-state index contributed by atoms with van der Waals surface area (Å²) in [5, 5.41) is 8.24. The van der Waals surface area contributed by atoms with E-state index in [9.17, 15) is 0 Å².